The molecule has 10 nitrogen and oxygen atoms in total. The Morgan fingerprint density at radius 3 is 1.93 bits per heavy atom. The van der Waals surface area contributed by atoms with Crippen LogP contribution in [0.5, 0.6) is 0 Å². The zero-order chi connectivity index (χ0) is 20.1. The Hall–Kier alpha value is -1.47. The molecular formula is C17H26O10. The standard InChI is InChI=1S/C17H26O10/c1-20-24-14(11-18)16(26-22-3)17(27-23-4)15(25-21-2)13(19)10-12-8-6-5-7-9-12/h5-9,14-18H,10-11H2,1-4H3/t14-,15-,16-,17+/m0/s1. The summed E-state index contributed by atoms with van der Waals surface area (Å²) < 4.78 is 0. The van der Waals surface area contributed by atoms with Crippen molar-refractivity contribution in [1.82, 2.24) is 0 Å². The Balaban J connectivity index is 3.10. The van der Waals surface area contributed by atoms with Gasteiger partial charge in [0.25, 0.3) is 0 Å². The minimum atomic E-state index is -1.29. The highest BCUT2D eigenvalue weighted by Gasteiger charge is 2.44. The van der Waals surface area contributed by atoms with Crippen molar-refractivity contribution in [1.29, 1.82) is 0 Å². The topological polar surface area (TPSA) is 111 Å². The van der Waals surface area contributed by atoms with Crippen LogP contribution in [0.15, 0.2) is 30.3 Å². The number of hydrogen-bond donors (Lipinski definition) is 1. The molecule has 0 heterocycles. The van der Waals surface area contributed by atoms with Crippen molar-refractivity contribution >= 4 is 5.78 Å². The number of benzene rings is 1. The van der Waals surface area contributed by atoms with Crippen molar-refractivity contribution in [2.24, 2.45) is 0 Å². The normalized spacial score (nSPS) is 15.9. The number of hydrogen-bond acceptors (Lipinski definition) is 10. The third kappa shape index (κ3) is 7.58. The lowest BCUT2D eigenvalue weighted by Crippen LogP contribution is -2.53. The molecule has 0 bridgehead atoms. The Morgan fingerprint density at radius 2 is 1.41 bits per heavy atom. The van der Waals surface area contributed by atoms with Gasteiger partial charge in [0.15, 0.2) is 24.1 Å². The maximum atomic E-state index is 12.8. The lowest BCUT2D eigenvalue weighted by Gasteiger charge is -2.32. The molecule has 0 radical (unpaired) electrons. The summed E-state index contributed by atoms with van der Waals surface area (Å²) in [6.45, 7) is -0.530. The van der Waals surface area contributed by atoms with Crippen LogP contribution in [-0.4, -0.2) is 70.4 Å². The van der Waals surface area contributed by atoms with Crippen molar-refractivity contribution in [2.75, 3.05) is 35.0 Å². The highest BCUT2D eigenvalue weighted by atomic mass is 17.2. The molecule has 0 saturated carbocycles. The zero-order valence-electron chi connectivity index (χ0n) is 15.7. The number of Topliss-reactive ketones (excluding diaryl/α,β-unsaturated/α-hetero) is 1. The summed E-state index contributed by atoms with van der Waals surface area (Å²) in [5, 5.41) is 9.56. The molecule has 1 aromatic rings. The van der Waals surface area contributed by atoms with E-state index in [0.717, 1.165) is 5.56 Å². The predicted octanol–water partition coefficient (Wildman–Crippen LogP) is 0.577. The van der Waals surface area contributed by atoms with Crippen molar-refractivity contribution in [3.63, 3.8) is 0 Å². The van der Waals surface area contributed by atoms with E-state index in [1.54, 1.807) is 12.1 Å². The van der Waals surface area contributed by atoms with Crippen LogP contribution in [-0.2, 0) is 50.3 Å². The van der Waals surface area contributed by atoms with Gasteiger partial charge in [-0.1, -0.05) is 30.3 Å². The van der Waals surface area contributed by atoms with Gasteiger partial charge in [-0.25, -0.2) is 39.1 Å². The molecule has 0 spiro atoms. The Kier molecular flexibility index (Phi) is 11.9. The lowest BCUT2D eigenvalue weighted by molar-refractivity contribution is -0.435. The summed E-state index contributed by atoms with van der Waals surface area (Å²) in [5.41, 5.74) is 0.763. The molecule has 154 valence electrons. The predicted molar refractivity (Wildman–Crippen MR) is 89.8 cm³/mol. The zero-order valence-corrected chi connectivity index (χ0v) is 15.7. The van der Waals surface area contributed by atoms with Crippen LogP contribution in [0.4, 0.5) is 0 Å². The van der Waals surface area contributed by atoms with Gasteiger partial charge in [0.1, 0.15) is 6.10 Å². The number of carbonyl (C=O) groups is 1. The Bertz CT molecular complexity index is 512. The van der Waals surface area contributed by atoms with Gasteiger partial charge in [-0.3, -0.25) is 4.79 Å². The highest BCUT2D eigenvalue weighted by molar-refractivity contribution is 5.85. The van der Waals surface area contributed by atoms with E-state index in [-0.39, 0.29) is 12.2 Å². The minimum absolute atomic E-state index is 0.0348. The second kappa shape index (κ2) is 13.7. The first-order valence-electron chi connectivity index (χ1n) is 8.08. The SMILES string of the molecule is COO[C@H]([C@H](OOC)[C@@H](OOC)C(=O)Cc1ccccc1)[C@H](CO)OOC. The van der Waals surface area contributed by atoms with Gasteiger partial charge in [-0.05, 0) is 5.56 Å². The number of ketones is 1. The van der Waals surface area contributed by atoms with Gasteiger partial charge in [-0.15, -0.1) is 0 Å². The summed E-state index contributed by atoms with van der Waals surface area (Å²) in [6.07, 6.45) is -4.72. The maximum Gasteiger partial charge on any atom is 0.183 e. The van der Waals surface area contributed by atoms with Crippen LogP contribution in [0, 0.1) is 0 Å². The van der Waals surface area contributed by atoms with Crippen LogP contribution in [0.3, 0.4) is 0 Å². The first-order valence-corrected chi connectivity index (χ1v) is 8.08. The second-order valence-corrected chi connectivity index (χ2v) is 5.25. The third-order valence-electron chi connectivity index (χ3n) is 3.54. The first kappa shape index (κ1) is 23.6. The quantitative estimate of drug-likeness (QED) is 0.337. The average Bonchev–Trinajstić information content (AvgIpc) is 2.68. The van der Waals surface area contributed by atoms with Gasteiger partial charge in [0.05, 0.1) is 35.0 Å². The van der Waals surface area contributed by atoms with Crippen molar-refractivity contribution in [3.05, 3.63) is 35.9 Å². The molecular weight excluding hydrogens is 364 g/mol. The van der Waals surface area contributed by atoms with Gasteiger partial charge >= 0.3 is 0 Å². The van der Waals surface area contributed by atoms with E-state index in [1.807, 2.05) is 18.2 Å². The summed E-state index contributed by atoms with van der Waals surface area (Å²) in [5.74, 6) is -0.385. The lowest BCUT2D eigenvalue weighted by atomic mass is 9.96. The molecule has 1 aromatic carbocycles. The van der Waals surface area contributed by atoms with Crippen LogP contribution in [0.25, 0.3) is 0 Å². The monoisotopic (exact) mass is 390 g/mol. The fourth-order valence-corrected chi connectivity index (χ4v) is 2.43. The minimum Gasteiger partial charge on any atom is -0.393 e. The molecule has 1 N–H and O–H groups in total. The largest absolute Gasteiger partial charge is 0.393 e. The van der Waals surface area contributed by atoms with Crippen molar-refractivity contribution in [2.45, 2.75) is 30.8 Å². The van der Waals surface area contributed by atoms with Crippen LogP contribution >= 0.6 is 0 Å². The van der Waals surface area contributed by atoms with Crippen LogP contribution in [0.1, 0.15) is 5.56 Å². The summed E-state index contributed by atoms with van der Waals surface area (Å²) >= 11 is 0. The van der Waals surface area contributed by atoms with Crippen LogP contribution < -0.4 is 0 Å². The molecule has 0 fully saturated rings. The van der Waals surface area contributed by atoms with E-state index in [4.69, 9.17) is 34.2 Å². The number of rotatable bonds is 15. The van der Waals surface area contributed by atoms with E-state index in [1.165, 1.54) is 28.4 Å². The summed E-state index contributed by atoms with van der Waals surface area (Å²) in [7, 11) is 4.99. The molecule has 1 rings (SSSR count). The molecule has 0 amide bonds. The van der Waals surface area contributed by atoms with Gasteiger partial charge in [-0.2, -0.15) is 0 Å². The van der Waals surface area contributed by atoms with Gasteiger partial charge in [0, 0.05) is 6.42 Å². The molecule has 0 unspecified atom stereocenters. The fourth-order valence-electron chi connectivity index (χ4n) is 2.43. The Labute approximate surface area is 157 Å². The second-order valence-electron chi connectivity index (χ2n) is 5.25. The molecule has 27 heavy (non-hydrogen) atoms. The molecule has 10 heteroatoms. The average molecular weight is 390 g/mol. The summed E-state index contributed by atoms with van der Waals surface area (Å²) in [6, 6.07) is 9.04. The van der Waals surface area contributed by atoms with E-state index in [2.05, 4.69) is 4.89 Å². The molecule has 0 aliphatic carbocycles. The van der Waals surface area contributed by atoms with E-state index in [0.29, 0.717) is 0 Å². The molecule has 0 aromatic heterocycles. The highest BCUT2D eigenvalue weighted by Crippen LogP contribution is 2.20. The molecule has 0 saturated heterocycles. The molecule has 0 aliphatic rings. The van der Waals surface area contributed by atoms with Crippen LogP contribution in [0.2, 0.25) is 0 Å². The number of aliphatic hydroxyl groups is 1. The molecule has 0 aliphatic heterocycles. The Morgan fingerprint density at radius 1 is 0.852 bits per heavy atom. The van der Waals surface area contributed by atoms with Gasteiger partial charge < -0.3 is 5.11 Å². The van der Waals surface area contributed by atoms with E-state index in [9.17, 15) is 9.90 Å². The number of aliphatic hydroxyl groups excluding tert-OH is 1. The maximum absolute atomic E-state index is 12.8. The number of carbonyl (C=O) groups excluding carboxylic acids is 1. The first-order chi connectivity index (χ1) is 13.1. The van der Waals surface area contributed by atoms with Crippen molar-refractivity contribution < 1.29 is 49.0 Å². The van der Waals surface area contributed by atoms with E-state index >= 15 is 0 Å². The van der Waals surface area contributed by atoms with Crippen molar-refractivity contribution in [3.8, 4) is 0 Å². The fraction of sp³-hybridized carbons (Fsp3) is 0.588. The smallest absolute Gasteiger partial charge is 0.183 e. The molecule has 4 atom stereocenters. The van der Waals surface area contributed by atoms with Gasteiger partial charge in [0.2, 0.25) is 0 Å². The summed E-state index contributed by atoms with van der Waals surface area (Å²) in [4.78, 5) is 52.0. The third-order valence-corrected chi connectivity index (χ3v) is 3.54. The van der Waals surface area contributed by atoms with E-state index < -0.39 is 31.0 Å².